The molecule has 2 rings (SSSR count). The second kappa shape index (κ2) is 1.20. The van der Waals surface area contributed by atoms with Crippen LogP contribution in [-0.2, 0) is 9.47 Å². The van der Waals surface area contributed by atoms with Gasteiger partial charge in [-0.15, -0.1) is 0 Å². The third-order valence-electron chi connectivity index (χ3n) is 1.56. The van der Waals surface area contributed by atoms with E-state index in [1.54, 1.807) is 0 Å². The first-order chi connectivity index (χ1) is 3.45. The molecule has 0 aromatic rings. The Hall–Kier alpha value is -0.0800. The lowest BCUT2D eigenvalue weighted by Crippen LogP contribution is -2.13. The van der Waals surface area contributed by atoms with E-state index in [1.165, 1.54) is 0 Å². The van der Waals surface area contributed by atoms with Gasteiger partial charge in [0, 0.05) is 12.3 Å². The molecule has 2 fully saturated rings. The van der Waals surface area contributed by atoms with E-state index in [0.717, 1.165) is 25.6 Å². The van der Waals surface area contributed by atoms with E-state index >= 15 is 0 Å². The van der Waals surface area contributed by atoms with Crippen LogP contribution >= 0.6 is 0 Å². The first-order valence-corrected chi connectivity index (χ1v) is 2.68. The molecule has 0 amide bonds. The molecule has 0 atom stereocenters. The van der Waals surface area contributed by atoms with Crippen molar-refractivity contribution in [1.29, 1.82) is 0 Å². The summed E-state index contributed by atoms with van der Waals surface area (Å²) in [7, 11) is 0. The van der Waals surface area contributed by atoms with Gasteiger partial charge in [0.2, 0.25) is 0 Å². The van der Waals surface area contributed by atoms with Gasteiger partial charge >= 0.3 is 0 Å². The molecule has 0 aromatic carbocycles. The van der Waals surface area contributed by atoms with E-state index < -0.39 is 0 Å². The molecule has 7 heavy (non-hydrogen) atoms. The minimum atomic E-state index is 0.171. The number of hydrogen-bond donors (Lipinski definition) is 0. The van der Waals surface area contributed by atoms with E-state index in [-0.39, 0.29) is 6.29 Å². The average Bonchev–Trinajstić information content (AvgIpc) is 2.22. The second-order valence-electron chi connectivity index (χ2n) is 2.20. The van der Waals surface area contributed by atoms with Crippen LogP contribution in [0.5, 0.6) is 0 Å². The van der Waals surface area contributed by atoms with Crippen LogP contribution in [0.4, 0.5) is 0 Å². The SMILES string of the molecule is C1OC2CC1CO2. The molecule has 2 saturated heterocycles. The van der Waals surface area contributed by atoms with E-state index in [1.807, 2.05) is 0 Å². The van der Waals surface area contributed by atoms with Gasteiger partial charge in [-0.1, -0.05) is 0 Å². The number of ether oxygens (including phenoxy) is 2. The number of rotatable bonds is 0. The molecule has 0 saturated carbocycles. The van der Waals surface area contributed by atoms with Crippen molar-refractivity contribution in [3.05, 3.63) is 0 Å². The standard InChI is InChI=1S/C5H8O2/c1-4-2-6-5(1)7-3-4/h4-5H,1-3H2. The average molecular weight is 100 g/mol. The van der Waals surface area contributed by atoms with Crippen LogP contribution in [0.25, 0.3) is 0 Å². The predicted octanol–water partition coefficient (Wildman–Crippen LogP) is 0.379. The number of fused-ring (bicyclic) bond motifs is 2. The zero-order valence-electron chi connectivity index (χ0n) is 4.09. The third-order valence-corrected chi connectivity index (χ3v) is 1.56. The molecule has 2 heteroatoms. The normalized spacial score (nSPS) is 48.0. The molecule has 0 spiro atoms. The molecule has 2 aliphatic rings. The number of hydrogen-bond acceptors (Lipinski definition) is 2. The van der Waals surface area contributed by atoms with Crippen LogP contribution in [-0.4, -0.2) is 19.5 Å². The minimum absolute atomic E-state index is 0.171. The zero-order chi connectivity index (χ0) is 4.69. The molecular formula is C5H8O2. The van der Waals surface area contributed by atoms with Gasteiger partial charge in [0.15, 0.2) is 6.29 Å². The third kappa shape index (κ3) is 0.469. The molecule has 2 bridgehead atoms. The summed E-state index contributed by atoms with van der Waals surface area (Å²) in [5.74, 6) is 0.727. The van der Waals surface area contributed by atoms with Crippen molar-refractivity contribution in [3.63, 3.8) is 0 Å². The Morgan fingerprint density at radius 1 is 1.14 bits per heavy atom. The van der Waals surface area contributed by atoms with E-state index in [9.17, 15) is 0 Å². The van der Waals surface area contributed by atoms with Crippen molar-refractivity contribution >= 4 is 0 Å². The van der Waals surface area contributed by atoms with Crippen LogP contribution in [0.1, 0.15) is 6.42 Å². The highest BCUT2D eigenvalue weighted by Gasteiger charge is 2.32. The second-order valence-corrected chi connectivity index (χ2v) is 2.20. The van der Waals surface area contributed by atoms with Gasteiger partial charge in [0.05, 0.1) is 13.2 Å². The first kappa shape index (κ1) is 3.87. The van der Waals surface area contributed by atoms with Gasteiger partial charge in [0.1, 0.15) is 0 Å². The minimum Gasteiger partial charge on any atom is -0.352 e. The maximum atomic E-state index is 5.13. The topological polar surface area (TPSA) is 18.5 Å². The summed E-state index contributed by atoms with van der Waals surface area (Å²) in [6.45, 7) is 1.87. The quantitative estimate of drug-likeness (QED) is 0.438. The fourth-order valence-electron chi connectivity index (χ4n) is 1.13. The summed E-state index contributed by atoms with van der Waals surface area (Å²) in [6, 6.07) is 0. The molecule has 0 radical (unpaired) electrons. The molecule has 0 aliphatic carbocycles. The Morgan fingerprint density at radius 2 is 1.86 bits per heavy atom. The maximum absolute atomic E-state index is 5.13. The van der Waals surface area contributed by atoms with Crippen molar-refractivity contribution in [2.75, 3.05) is 13.2 Å². The summed E-state index contributed by atoms with van der Waals surface area (Å²) in [4.78, 5) is 0. The van der Waals surface area contributed by atoms with E-state index in [4.69, 9.17) is 9.47 Å². The highest BCUT2D eigenvalue weighted by molar-refractivity contribution is 4.73. The van der Waals surface area contributed by atoms with Crippen LogP contribution in [0, 0.1) is 5.92 Å². The summed E-state index contributed by atoms with van der Waals surface area (Å²) in [5, 5.41) is 0. The molecular weight excluding hydrogens is 92.1 g/mol. The van der Waals surface area contributed by atoms with Crippen molar-refractivity contribution < 1.29 is 9.47 Å². The Morgan fingerprint density at radius 3 is 2.00 bits per heavy atom. The predicted molar refractivity (Wildman–Crippen MR) is 23.8 cm³/mol. The molecule has 2 nitrogen and oxygen atoms in total. The maximum Gasteiger partial charge on any atom is 0.158 e. The summed E-state index contributed by atoms with van der Waals surface area (Å²) >= 11 is 0. The van der Waals surface area contributed by atoms with Crippen LogP contribution in [0.15, 0.2) is 0 Å². The Labute approximate surface area is 42.4 Å². The van der Waals surface area contributed by atoms with Gasteiger partial charge in [0.25, 0.3) is 0 Å². The van der Waals surface area contributed by atoms with Crippen molar-refractivity contribution in [3.8, 4) is 0 Å². The lowest BCUT2D eigenvalue weighted by atomic mass is 10.2. The van der Waals surface area contributed by atoms with Crippen LogP contribution in [0.2, 0.25) is 0 Å². The molecule has 0 aromatic heterocycles. The Balaban J connectivity index is 2.12. The smallest absolute Gasteiger partial charge is 0.158 e. The molecule has 2 heterocycles. The van der Waals surface area contributed by atoms with E-state index in [0.29, 0.717) is 0 Å². The molecule has 0 unspecified atom stereocenters. The van der Waals surface area contributed by atoms with Crippen molar-refractivity contribution in [2.45, 2.75) is 12.7 Å². The van der Waals surface area contributed by atoms with Crippen molar-refractivity contribution in [2.24, 2.45) is 5.92 Å². The van der Waals surface area contributed by atoms with E-state index in [2.05, 4.69) is 0 Å². The van der Waals surface area contributed by atoms with Gasteiger partial charge in [-0.2, -0.15) is 0 Å². The van der Waals surface area contributed by atoms with Crippen LogP contribution in [0.3, 0.4) is 0 Å². The summed E-state index contributed by atoms with van der Waals surface area (Å²) in [6.07, 6.45) is 1.31. The molecule has 2 aliphatic heterocycles. The summed E-state index contributed by atoms with van der Waals surface area (Å²) < 4.78 is 10.3. The Bertz CT molecular complexity index is 64.1. The fourth-order valence-corrected chi connectivity index (χ4v) is 1.13. The fraction of sp³-hybridized carbons (Fsp3) is 1.00. The van der Waals surface area contributed by atoms with Gasteiger partial charge in [-0.05, 0) is 0 Å². The zero-order valence-corrected chi connectivity index (χ0v) is 4.09. The molecule has 40 valence electrons. The van der Waals surface area contributed by atoms with Gasteiger partial charge < -0.3 is 9.47 Å². The highest BCUT2D eigenvalue weighted by atomic mass is 16.7. The highest BCUT2D eigenvalue weighted by Crippen LogP contribution is 2.27. The lowest BCUT2D eigenvalue weighted by Gasteiger charge is -2.09. The van der Waals surface area contributed by atoms with Gasteiger partial charge in [-0.3, -0.25) is 0 Å². The van der Waals surface area contributed by atoms with Crippen LogP contribution < -0.4 is 0 Å². The van der Waals surface area contributed by atoms with Gasteiger partial charge in [-0.25, -0.2) is 0 Å². The molecule has 0 N–H and O–H groups in total. The largest absolute Gasteiger partial charge is 0.352 e. The summed E-state index contributed by atoms with van der Waals surface area (Å²) in [5.41, 5.74) is 0. The Kier molecular flexibility index (Phi) is 0.664. The monoisotopic (exact) mass is 100 g/mol. The van der Waals surface area contributed by atoms with Crippen molar-refractivity contribution in [1.82, 2.24) is 0 Å². The first-order valence-electron chi connectivity index (χ1n) is 2.68. The lowest BCUT2D eigenvalue weighted by molar-refractivity contribution is -0.123.